The molecule has 0 aliphatic rings. The fourth-order valence-electron chi connectivity index (χ4n) is 1.80. The quantitative estimate of drug-likeness (QED) is 0.718. The number of aryl methyl sites for hydroxylation is 1. The molecule has 0 bridgehead atoms. The Morgan fingerprint density at radius 2 is 1.88 bits per heavy atom. The van der Waals surface area contributed by atoms with E-state index in [2.05, 4.69) is 0 Å². The monoisotopic (exact) mass is 222 g/mol. The number of hydrogen-bond donors (Lipinski definition) is 0. The van der Waals surface area contributed by atoms with Crippen LogP contribution < -0.4 is 9.47 Å². The van der Waals surface area contributed by atoms with Crippen molar-refractivity contribution in [1.82, 2.24) is 0 Å². The molecule has 1 aromatic carbocycles. The number of carbonyl (C=O) groups excluding carboxylic acids is 1. The summed E-state index contributed by atoms with van der Waals surface area (Å²) in [6.45, 7) is 3.97. The molecule has 3 nitrogen and oxygen atoms in total. The van der Waals surface area contributed by atoms with Crippen molar-refractivity contribution in [3.8, 4) is 11.5 Å². The smallest absolute Gasteiger partial charge is 0.164 e. The summed E-state index contributed by atoms with van der Waals surface area (Å²) in [6.07, 6.45) is 1.42. The average molecular weight is 222 g/mol. The van der Waals surface area contributed by atoms with Gasteiger partial charge in [-0.2, -0.15) is 0 Å². The SMILES string of the molecule is COc1c(C)ccc(C(C)CC=O)c1OC. The molecule has 0 radical (unpaired) electrons. The Hall–Kier alpha value is -1.51. The van der Waals surface area contributed by atoms with E-state index in [-0.39, 0.29) is 5.92 Å². The summed E-state index contributed by atoms with van der Waals surface area (Å²) in [6, 6.07) is 3.98. The molecule has 0 aliphatic heterocycles. The highest BCUT2D eigenvalue weighted by atomic mass is 16.5. The molecule has 16 heavy (non-hydrogen) atoms. The van der Waals surface area contributed by atoms with E-state index in [1.54, 1.807) is 14.2 Å². The van der Waals surface area contributed by atoms with Crippen LogP contribution in [-0.2, 0) is 4.79 Å². The Kier molecular flexibility index (Phi) is 4.35. The Morgan fingerprint density at radius 1 is 1.25 bits per heavy atom. The molecule has 1 aromatic rings. The van der Waals surface area contributed by atoms with E-state index in [4.69, 9.17) is 9.47 Å². The van der Waals surface area contributed by atoms with Gasteiger partial charge in [-0.05, 0) is 18.4 Å². The third-order valence-corrected chi connectivity index (χ3v) is 2.73. The molecular weight excluding hydrogens is 204 g/mol. The van der Waals surface area contributed by atoms with Crippen LogP contribution in [0.2, 0.25) is 0 Å². The van der Waals surface area contributed by atoms with Gasteiger partial charge in [-0.15, -0.1) is 0 Å². The molecular formula is C13H18O3. The van der Waals surface area contributed by atoms with Crippen LogP contribution in [-0.4, -0.2) is 20.5 Å². The lowest BCUT2D eigenvalue weighted by Crippen LogP contribution is -2.02. The number of ether oxygens (including phenoxy) is 2. The normalized spacial score (nSPS) is 12.0. The lowest BCUT2D eigenvalue weighted by Gasteiger charge is -2.17. The number of methoxy groups -OCH3 is 2. The van der Waals surface area contributed by atoms with E-state index in [0.29, 0.717) is 6.42 Å². The number of rotatable bonds is 5. The predicted octanol–water partition coefficient (Wildman–Crippen LogP) is 2.70. The molecule has 1 unspecified atom stereocenters. The molecule has 1 rings (SSSR count). The summed E-state index contributed by atoms with van der Waals surface area (Å²) in [5.74, 6) is 1.62. The maximum atomic E-state index is 10.5. The first-order chi connectivity index (χ1) is 7.65. The molecule has 1 atom stereocenters. The second kappa shape index (κ2) is 5.54. The van der Waals surface area contributed by atoms with Gasteiger partial charge in [0.25, 0.3) is 0 Å². The van der Waals surface area contributed by atoms with Gasteiger partial charge < -0.3 is 14.3 Å². The second-order valence-electron chi connectivity index (χ2n) is 3.84. The molecule has 0 spiro atoms. The average Bonchev–Trinajstić information content (AvgIpc) is 2.28. The molecule has 0 saturated carbocycles. The zero-order chi connectivity index (χ0) is 12.1. The predicted molar refractivity (Wildman–Crippen MR) is 63.4 cm³/mol. The maximum absolute atomic E-state index is 10.5. The van der Waals surface area contributed by atoms with Gasteiger partial charge in [0.05, 0.1) is 14.2 Å². The first-order valence-corrected chi connectivity index (χ1v) is 5.30. The highest BCUT2D eigenvalue weighted by Gasteiger charge is 2.16. The van der Waals surface area contributed by atoms with Crippen molar-refractivity contribution in [2.24, 2.45) is 0 Å². The van der Waals surface area contributed by atoms with Crippen molar-refractivity contribution in [3.63, 3.8) is 0 Å². The number of aldehydes is 1. The zero-order valence-electron chi connectivity index (χ0n) is 10.2. The highest BCUT2D eigenvalue weighted by Crippen LogP contribution is 2.38. The maximum Gasteiger partial charge on any atom is 0.164 e. The molecule has 0 saturated heterocycles. The largest absolute Gasteiger partial charge is 0.493 e. The van der Waals surface area contributed by atoms with Gasteiger partial charge in [0.2, 0.25) is 0 Å². The van der Waals surface area contributed by atoms with Gasteiger partial charge in [0.15, 0.2) is 11.5 Å². The molecule has 3 heteroatoms. The van der Waals surface area contributed by atoms with E-state index in [1.165, 1.54) is 0 Å². The van der Waals surface area contributed by atoms with Crippen molar-refractivity contribution >= 4 is 6.29 Å². The summed E-state index contributed by atoms with van der Waals surface area (Å²) in [4.78, 5) is 10.5. The Labute approximate surface area is 96.4 Å². The molecule has 88 valence electrons. The van der Waals surface area contributed by atoms with E-state index in [9.17, 15) is 4.79 Å². The van der Waals surface area contributed by atoms with E-state index in [1.807, 2.05) is 26.0 Å². The topological polar surface area (TPSA) is 35.5 Å². The fourth-order valence-corrected chi connectivity index (χ4v) is 1.80. The van der Waals surface area contributed by atoms with Gasteiger partial charge in [0.1, 0.15) is 6.29 Å². The first-order valence-electron chi connectivity index (χ1n) is 5.30. The van der Waals surface area contributed by atoms with Gasteiger partial charge in [-0.25, -0.2) is 0 Å². The first kappa shape index (κ1) is 12.6. The van der Waals surface area contributed by atoms with Crippen LogP contribution in [0.1, 0.15) is 30.4 Å². The van der Waals surface area contributed by atoms with E-state index in [0.717, 1.165) is 28.9 Å². The van der Waals surface area contributed by atoms with Crippen molar-refractivity contribution in [2.75, 3.05) is 14.2 Å². The third-order valence-electron chi connectivity index (χ3n) is 2.73. The van der Waals surface area contributed by atoms with Crippen LogP contribution in [0.4, 0.5) is 0 Å². The fraction of sp³-hybridized carbons (Fsp3) is 0.462. The van der Waals surface area contributed by atoms with Crippen LogP contribution in [0.25, 0.3) is 0 Å². The van der Waals surface area contributed by atoms with E-state index < -0.39 is 0 Å². The van der Waals surface area contributed by atoms with Crippen molar-refractivity contribution in [1.29, 1.82) is 0 Å². The minimum atomic E-state index is 0.141. The Morgan fingerprint density at radius 3 is 2.38 bits per heavy atom. The van der Waals surface area contributed by atoms with Crippen LogP contribution in [0.15, 0.2) is 12.1 Å². The zero-order valence-corrected chi connectivity index (χ0v) is 10.2. The Bertz CT molecular complexity index is 372. The summed E-state index contributed by atoms with van der Waals surface area (Å²) in [7, 11) is 3.24. The molecule has 0 heterocycles. The summed E-state index contributed by atoms with van der Waals surface area (Å²) >= 11 is 0. The second-order valence-corrected chi connectivity index (χ2v) is 3.84. The molecule has 0 amide bonds. The lowest BCUT2D eigenvalue weighted by molar-refractivity contribution is -0.108. The van der Waals surface area contributed by atoms with E-state index >= 15 is 0 Å². The highest BCUT2D eigenvalue weighted by molar-refractivity contribution is 5.56. The van der Waals surface area contributed by atoms with Crippen LogP contribution in [0.5, 0.6) is 11.5 Å². The van der Waals surface area contributed by atoms with Crippen LogP contribution in [0, 0.1) is 6.92 Å². The van der Waals surface area contributed by atoms with Gasteiger partial charge in [-0.1, -0.05) is 19.1 Å². The number of hydrogen-bond acceptors (Lipinski definition) is 3. The summed E-state index contributed by atoms with van der Waals surface area (Å²) < 4.78 is 10.7. The number of benzene rings is 1. The molecule has 0 fully saturated rings. The van der Waals surface area contributed by atoms with Gasteiger partial charge >= 0.3 is 0 Å². The van der Waals surface area contributed by atoms with Crippen molar-refractivity contribution in [3.05, 3.63) is 23.3 Å². The van der Waals surface area contributed by atoms with Gasteiger partial charge in [0, 0.05) is 12.0 Å². The summed E-state index contributed by atoms with van der Waals surface area (Å²) in [5, 5.41) is 0. The molecule has 0 N–H and O–H groups in total. The lowest BCUT2D eigenvalue weighted by atomic mass is 9.95. The van der Waals surface area contributed by atoms with Crippen LogP contribution in [0.3, 0.4) is 0 Å². The van der Waals surface area contributed by atoms with Crippen molar-refractivity contribution in [2.45, 2.75) is 26.2 Å². The molecule has 0 aliphatic carbocycles. The van der Waals surface area contributed by atoms with Gasteiger partial charge in [-0.3, -0.25) is 0 Å². The molecule has 0 aromatic heterocycles. The Balaban J connectivity index is 3.23. The van der Waals surface area contributed by atoms with Crippen LogP contribution >= 0.6 is 0 Å². The van der Waals surface area contributed by atoms with Crippen molar-refractivity contribution < 1.29 is 14.3 Å². The third kappa shape index (κ3) is 2.35. The standard InChI is InChI=1S/C13H18O3/c1-9(7-8-14)11-6-5-10(2)12(15-3)13(11)16-4/h5-6,8-9H,7H2,1-4H3. The summed E-state index contributed by atoms with van der Waals surface area (Å²) in [5.41, 5.74) is 2.04. The minimum Gasteiger partial charge on any atom is -0.493 e. The number of carbonyl (C=O) groups is 1. The minimum absolute atomic E-state index is 0.141.